The number of carbonyl (C=O) groups excluding carboxylic acids is 1. The lowest BCUT2D eigenvalue weighted by molar-refractivity contribution is -0.154. The Morgan fingerprint density at radius 3 is 2.59 bits per heavy atom. The molecule has 0 unspecified atom stereocenters. The second kappa shape index (κ2) is 4.27. The van der Waals surface area contributed by atoms with Crippen molar-refractivity contribution >= 4 is 5.97 Å². The average molecular weight is 237 g/mol. The summed E-state index contributed by atoms with van der Waals surface area (Å²) in [6.45, 7) is 0. The molecule has 0 aromatic heterocycles. The number of ether oxygens (including phenoxy) is 1. The van der Waals surface area contributed by atoms with Crippen LogP contribution in [0.1, 0.15) is 38.5 Å². The molecule has 96 valence electrons. The van der Waals surface area contributed by atoms with Crippen LogP contribution >= 0.6 is 0 Å². The van der Waals surface area contributed by atoms with Crippen molar-refractivity contribution in [3.63, 3.8) is 0 Å². The number of carbonyl (C=O) groups is 1. The van der Waals surface area contributed by atoms with Gasteiger partial charge in [-0.3, -0.25) is 9.69 Å². The quantitative estimate of drug-likeness (QED) is 0.688. The van der Waals surface area contributed by atoms with Crippen molar-refractivity contribution in [3.8, 4) is 0 Å². The monoisotopic (exact) mass is 237 g/mol. The molecule has 4 atom stereocenters. The van der Waals surface area contributed by atoms with Crippen LogP contribution < -0.4 is 0 Å². The summed E-state index contributed by atoms with van der Waals surface area (Å²) >= 11 is 0. The summed E-state index contributed by atoms with van der Waals surface area (Å²) < 4.78 is 5.07. The average Bonchev–Trinajstić information content (AvgIpc) is 2.50. The molecule has 0 aromatic carbocycles. The molecular weight excluding hydrogens is 214 g/mol. The predicted molar refractivity (Wildman–Crippen MR) is 65.5 cm³/mol. The molecule has 0 amide bonds. The minimum Gasteiger partial charge on any atom is -0.469 e. The van der Waals surface area contributed by atoms with E-state index in [2.05, 4.69) is 11.9 Å². The third kappa shape index (κ3) is 1.70. The number of methoxy groups -OCH3 is 1. The van der Waals surface area contributed by atoms with Gasteiger partial charge in [0.25, 0.3) is 0 Å². The zero-order valence-corrected chi connectivity index (χ0v) is 10.9. The fourth-order valence-corrected chi connectivity index (χ4v) is 4.33. The van der Waals surface area contributed by atoms with Crippen LogP contribution in [0.3, 0.4) is 0 Å². The van der Waals surface area contributed by atoms with Gasteiger partial charge in [-0.1, -0.05) is 19.3 Å². The van der Waals surface area contributed by atoms with E-state index in [4.69, 9.17) is 4.74 Å². The molecule has 3 aliphatic rings. The number of fused-ring (bicyclic) bond motifs is 2. The summed E-state index contributed by atoms with van der Waals surface area (Å²) in [5.74, 6) is 1.59. The van der Waals surface area contributed by atoms with Gasteiger partial charge in [0.15, 0.2) is 0 Å². The van der Waals surface area contributed by atoms with Crippen molar-refractivity contribution in [2.45, 2.75) is 50.6 Å². The highest BCUT2D eigenvalue weighted by Crippen LogP contribution is 2.49. The number of esters is 1. The van der Waals surface area contributed by atoms with Gasteiger partial charge in [-0.2, -0.15) is 0 Å². The van der Waals surface area contributed by atoms with Crippen molar-refractivity contribution in [1.29, 1.82) is 0 Å². The van der Waals surface area contributed by atoms with E-state index in [1.54, 1.807) is 7.11 Å². The van der Waals surface area contributed by atoms with Crippen LogP contribution in [0.5, 0.6) is 0 Å². The Kier molecular flexibility index (Phi) is 2.89. The Morgan fingerprint density at radius 2 is 2.00 bits per heavy atom. The summed E-state index contributed by atoms with van der Waals surface area (Å²) in [6.07, 6.45) is 7.71. The van der Waals surface area contributed by atoms with Crippen LogP contribution in [0.2, 0.25) is 0 Å². The maximum atomic E-state index is 12.1. The summed E-state index contributed by atoms with van der Waals surface area (Å²) in [4.78, 5) is 14.5. The first kappa shape index (κ1) is 11.5. The lowest BCUT2D eigenvalue weighted by Gasteiger charge is -2.47. The molecule has 2 heterocycles. The molecule has 3 rings (SSSR count). The van der Waals surface area contributed by atoms with E-state index in [9.17, 15) is 4.79 Å². The van der Waals surface area contributed by atoms with Crippen LogP contribution in [-0.2, 0) is 9.53 Å². The lowest BCUT2D eigenvalue weighted by Crippen LogP contribution is -2.52. The van der Waals surface area contributed by atoms with Crippen LogP contribution in [0, 0.1) is 17.8 Å². The van der Waals surface area contributed by atoms with Gasteiger partial charge in [-0.05, 0) is 38.1 Å². The molecule has 3 fully saturated rings. The molecule has 0 aromatic rings. The lowest BCUT2D eigenvalue weighted by atomic mass is 9.65. The summed E-state index contributed by atoms with van der Waals surface area (Å²) in [7, 11) is 3.73. The molecule has 0 radical (unpaired) electrons. The zero-order valence-electron chi connectivity index (χ0n) is 10.9. The molecule has 2 saturated heterocycles. The SMILES string of the molecule is COC(=O)[C@H]1[C@@H](C2CCC2)C[C@@H]2CC[C@H]1N2C. The summed E-state index contributed by atoms with van der Waals surface area (Å²) in [6, 6.07) is 1.18. The molecule has 1 aliphatic carbocycles. The molecule has 3 heteroatoms. The molecule has 1 saturated carbocycles. The fraction of sp³-hybridized carbons (Fsp3) is 0.929. The third-order valence-electron chi connectivity index (χ3n) is 5.54. The number of piperidine rings is 1. The van der Waals surface area contributed by atoms with Crippen LogP contribution in [0.15, 0.2) is 0 Å². The Morgan fingerprint density at radius 1 is 1.24 bits per heavy atom. The van der Waals surface area contributed by atoms with E-state index < -0.39 is 0 Å². The van der Waals surface area contributed by atoms with E-state index in [1.165, 1.54) is 38.5 Å². The first-order valence-electron chi connectivity index (χ1n) is 7.02. The molecule has 2 bridgehead atoms. The van der Waals surface area contributed by atoms with Gasteiger partial charge in [0, 0.05) is 12.1 Å². The zero-order chi connectivity index (χ0) is 12.0. The number of hydrogen-bond donors (Lipinski definition) is 0. The second-order valence-corrected chi connectivity index (χ2v) is 6.10. The van der Waals surface area contributed by atoms with Crippen molar-refractivity contribution in [1.82, 2.24) is 4.90 Å². The van der Waals surface area contributed by atoms with Gasteiger partial charge < -0.3 is 4.74 Å². The number of rotatable bonds is 2. The maximum Gasteiger partial charge on any atom is 0.310 e. The summed E-state index contributed by atoms with van der Waals surface area (Å²) in [5, 5.41) is 0. The molecule has 2 aliphatic heterocycles. The Balaban J connectivity index is 1.84. The van der Waals surface area contributed by atoms with Crippen LogP contribution in [0.25, 0.3) is 0 Å². The smallest absolute Gasteiger partial charge is 0.310 e. The third-order valence-corrected chi connectivity index (χ3v) is 5.54. The van der Waals surface area contributed by atoms with Crippen molar-refractivity contribution in [3.05, 3.63) is 0 Å². The maximum absolute atomic E-state index is 12.1. The van der Waals surface area contributed by atoms with Gasteiger partial charge in [0.2, 0.25) is 0 Å². The molecular formula is C14H23NO2. The van der Waals surface area contributed by atoms with E-state index in [0.717, 1.165) is 12.0 Å². The molecule has 17 heavy (non-hydrogen) atoms. The van der Waals surface area contributed by atoms with E-state index >= 15 is 0 Å². The molecule has 0 spiro atoms. The van der Waals surface area contributed by atoms with Gasteiger partial charge in [-0.15, -0.1) is 0 Å². The highest BCUT2D eigenvalue weighted by molar-refractivity contribution is 5.74. The molecule has 0 N–H and O–H groups in total. The van der Waals surface area contributed by atoms with E-state index in [-0.39, 0.29) is 11.9 Å². The van der Waals surface area contributed by atoms with E-state index in [0.29, 0.717) is 12.0 Å². The second-order valence-electron chi connectivity index (χ2n) is 6.10. The minimum absolute atomic E-state index is 0.0408. The minimum atomic E-state index is 0.0408. The first-order chi connectivity index (χ1) is 8.22. The Bertz CT molecular complexity index is 313. The number of hydrogen-bond acceptors (Lipinski definition) is 3. The van der Waals surface area contributed by atoms with E-state index in [1.807, 2.05) is 0 Å². The first-order valence-corrected chi connectivity index (χ1v) is 7.02. The number of nitrogens with zero attached hydrogens (tertiary/aromatic N) is 1. The standard InChI is InChI=1S/C14H23NO2/c1-15-10-6-7-12(15)13(14(16)17-2)11(8-10)9-4-3-5-9/h9-13H,3-8H2,1-2H3/t10-,11+,12+,13-/m0/s1. The Hall–Kier alpha value is -0.570. The predicted octanol–water partition coefficient (Wildman–Crippen LogP) is 2.06. The van der Waals surface area contributed by atoms with Crippen molar-refractivity contribution < 1.29 is 9.53 Å². The molecule has 3 nitrogen and oxygen atoms in total. The van der Waals surface area contributed by atoms with Gasteiger partial charge >= 0.3 is 5.97 Å². The topological polar surface area (TPSA) is 29.5 Å². The highest BCUT2D eigenvalue weighted by Gasteiger charge is 2.51. The largest absolute Gasteiger partial charge is 0.469 e. The summed E-state index contributed by atoms with van der Waals surface area (Å²) in [5.41, 5.74) is 0. The fourth-order valence-electron chi connectivity index (χ4n) is 4.33. The van der Waals surface area contributed by atoms with Gasteiger partial charge in [0.1, 0.15) is 0 Å². The Labute approximate surface area is 104 Å². The van der Waals surface area contributed by atoms with Crippen LogP contribution in [-0.4, -0.2) is 37.1 Å². The highest BCUT2D eigenvalue weighted by atomic mass is 16.5. The van der Waals surface area contributed by atoms with Crippen LogP contribution in [0.4, 0.5) is 0 Å². The van der Waals surface area contributed by atoms with Crippen molar-refractivity contribution in [2.75, 3.05) is 14.2 Å². The van der Waals surface area contributed by atoms with Gasteiger partial charge in [0.05, 0.1) is 13.0 Å². The van der Waals surface area contributed by atoms with Gasteiger partial charge in [-0.25, -0.2) is 0 Å². The normalized spacial score (nSPS) is 42.2. The van der Waals surface area contributed by atoms with Crippen molar-refractivity contribution in [2.24, 2.45) is 17.8 Å².